The van der Waals surface area contributed by atoms with Gasteiger partial charge in [0.2, 0.25) is 0 Å². The molecule has 7 aliphatic rings. The molecule has 0 spiro atoms. The highest BCUT2D eigenvalue weighted by molar-refractivity contribution is 6.67. The van der Waals surface area contributed by atoms with Crippen molar-refractivity contribution in [3.63, 3.8) is 0 Å². The van der Waals surface area contributed by atoms with Crippen LogP contribution in [-0.2, 0) is 0 Å². The topological polar surface area (TPSA) is 0 Å². The number of fused-ring (bicyclic) bond motifs is 4. The third kappa shape index (κ3) is 2.69. The van der Waals surface area contributed by atoms with Crippen molar-refractivity contribution in [2.45, 2.75) is 122 Å². The lowest BCUT2D eigenvalue weighted by Gasteiger charge is -2.69. The maximum Gasteiger partial charge on any atom is 0.159 e. The molecule has 5 unspecified atom stereocenters. The molecule has 0 aromatic carbocycles. The number of hydrogen-bond donors (Lipinski definition) is 0. The van der Waals surface area contributed by atoms with E-state index in [2.05, 4.69) is 53.7 Å². The Hall–Kier alpha value is -0.195. The monoisotopic (exact) mass is 380 g/mol. The van der Waals surface area contributed by atoms with Gasteiger partial charge in [0.1, 0.15) is 0 Å². The van der Waals surface area contributed by atoms with Gasteiger partial charge in [-0.3, -0.25) is 0 Å². The smallest absolute Gasteiger partial charge is 0.0926 e. The third-order valence-corrected chi connectivity index (χ3v) is 11.7. The van der Waals surface area contributed by atoms with E-state index in [-0.39, 0.29) is 0 Å². The summed E-state index contributed by atoms with van der Waals surface area (Å²) in [5.74, 6) is 4.82. The summed E-state index contributed by atoms with van der Waals surface area (Å²) >= 11 is 0. The summed E-state index contributed by atoms with van der Waals surface area (Å²) in [5, 5.41) is 1.15. The normalized spacial score (nSPS) is 50.9. The fourth-order valence-corrected chi connectivity index (χ4v) is 9.72. The van der Waals surface area contributed by atoms with Crippen molar-refractivity contribution in [3.8, 4) is 0 Å². The molecule has 0 aliphatic heterocycles. The lowest BCUT2D eigenvalue weighted by molar-refractivity contribution is -0.0932. The molecule has 0 N–H and O–H groups in total. The highest BCUT2D eigenvalue weighted by Crippen LogP contribution is 2.75. The van der Waals surface area contributed by atoms with Crippen LogP contribution in [0.2, 0.25) is 16.4 Å². The van der Waals surface area contributed by atoms with E-state index >= 15 is 0 Å². The van der Waals surface area contributed by atoms with Crippen LogP contribution >= 0.6 is 0 Å². The number of allylic oxidation sites excluding steroid dienone is 2. The molecule has 6 fully saturated rings. The van der Waals surface area contributed by atoms with E-state index in [1.807, 2.05) is 0 Å². The molecule has 0 aromatic rings. The molecule has 0 radical (unpaired) electrons. The van der Waals surface area contributed by atoms with Crippen molar-refractivity contribution in [2.75, 3.05) is 0 Å². The van der Waals surface area contributed by atoms with Crippen molar-refractivity contribution in [1.29, 1.82) is 0 Å². The van der Waals surface area contributed by atoms with Crippen LogP contribution in [0.3, 0.4) is 0 Å². The van der Waals surface area contributed by atoms with Gasteiger partial charge in [0, 0.05) is 0 Å². The Kier molecular flexibility index (Phi) is 4.35. The predicted octanol–water partition coefficient (Wildman–Crippen LogP) is 8.41. The van der Waals surface area contributed by atoms with Crippen molar-refractivity contribution in [2.24, 2.45) is 34.5 Å². The second-order valence-electron chi connectivity index (χ2n) is 13.9. The first-order valence-electron chi connectivity index (χ1n) is 12.7. The van der Waals surface area contributed by atoms with Crippen molar-refractivity contribution in [1.82, 2.24) is 0 Å². The minimum absolute atomic E-state index is 0.575. The molecule has 6 saturated carbocycles. The van der Waals surface area contributed by atoms with Gasteiger partial charge in [-0.2, -0.15) is 0 Å². The van der Waals surface area contributed by atoms with Crippen LogP contribution < -0.4 is 0 Å². The summed E-state index contributed by atoms with van der Waals surface area (Å²) in [6.07, 6.45) is 20.1. The Morgan fingerprint density at radius 3 is 1.57 bits per heavy atom. The molecule has 0 aromatic heterocycles. The van der Waals surface area contributed by atoms with Gasteiger partial charge < -0.3 is 0 Å². The molecule has 0 amide bonds. The largest absolute Gasteiger partial charge is 0.159 e. The molecule has 28 heavy (non-hydrogen) atoms. The molecule has 0 nitrogen and oxygen atoms in total. The van der Waals surface area contributed by atoms with E-state index in [1.54, 1.807) is 0 Å². The van der Waals surface area contributed by atoms with Crippen LogP contribution in [0.15, 0.2) is 12.2 Å². The average Bonchev–Trinajstić information content (AvgIpc) is 2.90. The van der Waals surface area contributed by atoms with Crippen molar-refractivity contribution < 1.29 is 0 Å². The zero-order valence-corrected chi connectivity index (χ0v) is 19.7. The van der Waals surface area contributed by atoms with Crippen LogP contribution in [0.25, 0.3) is 0 Å². The maximum atomic E-state index is 2.75. The predicted molar refractivity (Wildman–Crippen MR) is 123 cm³/mol. The van der Waals surface area contributed by atoms with E-state index in [0.717, 1.165) is 36.2 Å². The number of hydrogen-bond acceptors (Lipinski definition) is 0. The van der Waals surface area contributed by atoms with Crippen molar-refractivity contribution >= 4 is 6.71 Å². The van der Waals surface area contributed by atoms with Crippen LogP contribution in [0.5, 0.6) is 0 Å². The molecule has 4 bridgehead atoms. The van der Waals surface area contributed by atoms with Crippen LogP contribution in [0.4, 0.5) is 0 Å². The maximum absolute atomic E-state index is 2.75. The summed E-state index contributed by atoms with van der Waals surface area (Å²) in [6.45, 7) is 16.7. The SMILES string of the molecule is CC1(B(C2C=CCCCC2)C2(C)CC3CC(C2)C3(C)C)CC2CC(C1)C2(C)C. The van der Waals surface area contributed by atoms with Gasteiger partial charge in [-0.05, 0) is 66.0 Å². The quantitative estimate of drug-likeness (QED) is 0.340. The van der Waals surface area contributed by atoms with E-state index in [0.29, 0.717) is 21.5 Å². The Balaban J connectivity index is 1.48. The molecule has 0 heterocycles. The van der Waals surface area contributed by atoms with Crippen molar-refractivity contribution in [3.05, 3.63) is 12.2 Å². The molecular weight excluding hydrogens is 335 g/mol. The number of rotatable bonds is 3. The first-order valence-corrected chi connectivity index (χ1v) is 12.7. The highest BCUT2D eigenvalue weighted by atomic mass is 14.6. The van der Waals surface area contributed by atoms with Gasteiger partial charge in [-0.25, -0.2) is 0 Å². The first kappa shape index (κ1) is 19.7. The summed E-state index contributed by atoms with van der Waals surface area (Å²) in [4.78, 5) is 0. The van der Waals surface area contributed by atoms with E-state index < -0.39 is 0 Å². The lowest BCUT2D eigenvalue weighted by atomic mass is 9.11. The second kappa shape index (κ2) is 6.17. The summed E-state index contributed by atoms with van der Waals surface area (Å²) in [6, 6.07) is 0. The first-order chi connectivity index (χ1) is 13.1. The van der Waals surface area contributed by atoms with E-state index in [4.69, 9.17) is 0 Å². The zero-order chi connectivity index (χ0) is 19.9. The Labute approximate surface area is 175 Å². The molecular formula is C27H45B. The minimum Gasteiger partial charge on any atom is -0.0926 e. The standard InChI is InChI=1S/C27H45B/c1-24(2)19-13-20(24)16-26(5,15-19)28(23-11-9-7-8-10-12-23)27(6)17-21-14-22(18-27)25(21,3)4/h9,11,19-23H,7-8,10,12-18H2,1-6H3. The van der Waals surface area contributed by atoms with E-state index in [9.17, 15) is 0 Å². The lowest BCUT2D eigenvalue weighted by Crippen LogP contribution is -2.61. The van der Waals surface area contributed by atoms with Gasteiger partial charge >= 0.3 is 0 Å². The summed E-state index contributed by atoms with van der Waals surface area (Å²) in [5.41, 5.74) is 1.25. The fourth-order valence-electron chi connectivity index (χ4n) is 9.72. The van der Waals surface area contributed by atoms with Gasteiger partial charge in [-0.1, -0.05) is 103 Å². The second-order valence-corrected chi connectivity index (χ2v) is 13.9. The minimum atomic E-state index is 0.575. The molecule has 0 saturated heterocycles. The Morgan fingerprint density at radius 2 is 1.14 bits per heavy atom. The van der Waals surface area contributed by atoms with Crippen LogP contribution in [0.1, 0.15) is 106 Å². The van der Waals surface area contributed by atoms with Gasteiger partial charge in [0.15, 0.2) is 6.71 Å². The van der Waals surface area contributed by atoms with Gasteiger partial charge in [-0.15, -0.1) is 0 Å². The molecule has 7 rings (SSSR count). The molecule has 5 atom stereocenters. The van der Waals surface area contributed by atoms with E-state index in [1.165, 1.54) is 64.2 Å². The third-order valence-electron chi connectivity index (χ3n) is 11.7. The Bertz CT molecular complexity index is 583. The van der Waals surface area contributed by atoms with Crippen LogP contribution in [-0.4, -0.2) is 6.71 Å². The summed E-state index contributed by atoms with van der Waals surface area (Å²) < 4.78 is 0. The molecule has 156 valence electrons. The molecule has 1 heteroatoms. The van der Waals surface area contributed by atoms with Gasteiger partial charge in [0.05, 0.1) is 0 Å². The highest BCUT2D eigenvalue weighted by Gasteiger charge is 2.65. The Morgan fingerprint density at radius 1 is 0.679 bits per heavy atom. The zero-order valence-electron chi connectivity index (χ0n) is 19.7. The van der Waals surface area contributed by atoms with Crippen LogP contribution in [0, 0.1) is 34.5 Å². The summed E-state index contributed by atoms with van der Waals surface area (Å²) in [7, 11) is 0. The van der Waals surface area contributed by atoms with Gasteiger partial charge in [0.25, 0.3) is 0 Å². The fraction of sp³-hybridized carbons (Fsp3) is 0.926. The average molecular weight is 380 g/mol. The molecule has 7 aliphatic carbocycles.